The van der Waals surface area contributed by atoms with Crippen LogP contribution in [0.5, 0.6) is 0 Å². The van der Waals surface area contributed by atoms with Crippen LogP contribution in [0.3, 0.4) is 0 Å². The maximum Gasteiger partial charge on any atom is 0.226 e. The van der Waals surface area contributed by atoms with Gasteiger partial charge in [0.25, 0.3) is 0 Å². The number of nitrogens with zero attached hydrogens (tertiary/aromatic N) is 2. The molecule has 1 aromatic rings. The van der Waals surface area contributed by atoms with Gasteiger partial charge in [0.05, 0.1) is 12.2 Å². The lowest BCUT2D eigenvalue weighted by Gasteiger charge is -2.37. The van der Waals surface area contributed by atoms with E-state index in [2.05, 4.69) is 15.1 Å². The minimum absolute atomic E-state index is 0.141. The van der Waals surface area contributed by atoms with Gasteiger partial charge in [0.1, 0.15) is 0 Å². The number of hydrogen-bond acceptors (Lipinski definition) is 3. The van der Waals surface area contributed by atoms with Crippen molar-refractivity contribution < 1.29 is 4.79 Å². The molecule has 3 atom stereocenters. The summed E-state index contributed by atoms with van der Waals surface area (Å²) in [4.78, 5) is 14.8. The lowest BCUT2D eigenvalue weighted by molar-refractivity contribution is -0.139. The average molecular weight is 262 g/mol. The number of piperidine rings is 1. The standard InChI is InChI=1S/C14H22N4O/c15-12-5-4-10(7-12)14(19)18-6-2-1-3-13(18)11-8-16-17-9-11/h8-10,12-13H,1-7,15H2,(H,16,17). The number of rotatable bonds is 2. The van der Waals surface area contributed by atoms with Crippen molar-refractivity contribution in [3.05, 3.63) is 18.0 Å². The largest absolute Gasteiger partial charge is 0.335 e. The third-order valence-electron chi connectivity index (χ3n) is 4.51. The second-order valence-corrected chi connectivity index (χ2v) is 5.84. The summed E-state index contributed by atoms with van der Waals surface area (Å²) in [6, 6.07) is 0.419. The molecular formula is C14H22N4O. The maximum atomic E-state index is 12.7. The van der Waals surface area contributed by atoms with Crippen LogP contribution in [-0.2, 0) is 4.79 Å². The van der Waals surface area contributed by atoms with Crippen molar-refractivity contribution in [2.45, 2.75) is 50.6 Å². The lowest BCUT2D eigenvalue weighted by atomic mass is 9.95. The second-order valence-electron chi connectivity index (χ2n) is 5.84. The molecule has 1 aliphatic carbocycles. The molecule has 5 nitrogen and oxygen atoms in total. The zero-order valence-corrected chi connectivity index (χ0v) is 11.2. The van der Waals surface area contributed by atoms with E-state index in [1.54, 1.807) is 0 Å². The minimum Gasteiger partial charge on any atom is -0.335 e. The fourth-order valence-corrected chi connectivity index (χ4v) is 3.46. The smallest absolute Gasteiger partial charge is 0.226 e. The summed E-state index contributed by atoms with van der Waals surface area (Å²) in [5, 5.41) is 6.87. The molecule has 2 aliphatic rings. The SMILES string of the molecule is NC1CCC(C(=O)N2CCCCC2c2cn[nH]c2)C1. The highest BCUT2D eigenvalue weighted by Gasteiger charge is 2.35. The summed E-state index contributed by atoms with van der Waals surface area (Å²) in [5.41, 5.74) is 7.07. The number of likely N-dealkylation sites (tertiary alicyclic amines) is 1. The van der Waals surface area contributed by atoms with E-state index in [0.717, 1.165) is 44.2 Å². The van der Waals surface area contributed by atoms with E-state index in [0.29, 0.717) is 5.91 Å². The fraction of sp³-hybridized carbons (Fsp3) is 0.714. The Morgan fingerprint density at radius 2 is 2.26 bits per heavy atom. The predicted octanol–water partition coefficient (Wildman–Crippen LogP) is 1.59. The lowest BCUT2D eigenvalue weighted by Crippen LogP contribution is -2.41. The average Bonchev–Trinajstić information content (AvgIpc) is 3.09. The van der Waals surface area contributed by atoms with Gasteiger partial charge >= 0.3 is 0 Å². The molecule has 2 fully saturated rings. The van der Waals surface area contributed by atoms with Crippen LogP contribution in [0.4, 0.5) is 0 Å². The van der Waals surface area contributed by atoms with E-state index < -0.39 is 0 Å². The number of amides is 1. The van der Waals surface area contributed by atoms with Crippen LogP contribution in [0, 0.1) is 5.92 Å². The molecule has 2 heterocycles. The van der Waals surface area contributed by atoms with Crippen molar-refractivity contribution in [1.29, 1.82) is 0 Å². The summed E-state index contributed by atoms with van der Waals surface area (Å²) in [6.45, 7) is 0.875. The van der Waals surface area contributed by atoms with E-state index in [1.807, 2.05) is 12.4 Å². The fourth-order valence-electron chi connectivity index (χ4n) is 3.46. The number of carbonyl (C=O) groups excluding carboxylic acids is 1. The topological polar surface area (TPSA) is 75.0 Å². The van der Waals surface area contributed by atoms with Gasteiger partial charge in [-0.2, -0.15) is 5.10 Å². The number of hydrogen-bond donors (Lipinski definition) is 2. The van der Waals surface area contributed by atoms with Crippen LogP contribution in [0.15, 0.2) is 12.4 Å². The van der Waals surface area contributed by atoms with Gasteiger partial charge in [-0.1, -0.05) is 0 Å². The molecule has 1 aliphatic heterocycles. The van der Waals surface area contributed by atoms with Crippen LogP contribution >= 0.6 is 0 Å². The Morgan fingerprint density at radius 1 is 1.37 bits per heavy atom. The highest BCUT2D eigenvalue weighted by molar-refractivity contribution is 5.79. The summed E-state index contributed by atoms with van der Waals surface area (Å²) >= 11 is 0. The predicted molar refractivity (Wildman–Crippen MR) is 72.2 cm³/mol. The Labute approximate surface area is 113 Å². The molecule has 0 spiro atoms. The first-order valence-corrected chi connectivity index (χ1v) is 7.30. The molecule has 3 N–H and O–H groups in total. The van der Waals surface area contributed by atoms with Crippen molar-refractivity contribution in [3.8, 4) is 0 Å². The third kappa shape index (κ3) is 2.52. The Bertz CT molecular complexity index is 431. The zero-order valence-electron chi connectivity index (χ0n) is 11.2. The molecular weight excluding hydrogens is 240 g/mol. The van der Waals surface area contributed by atoms with Crippen molar-refractivity contribution in [3.63, 3.8) is 0 Å². The molecule has 104 valence electrons. The van der Waals surface area contributed by atoms with Crippen molar-refractivity contribution in [2.75, 3.05) is 6.54 Å². The van der Waals surface area contributed by atoms with E-state index >= 15 is 0 Å². The van der Waals surface area contributed by atoms with Gasteiger partial charge in [-0.05, 0) is 38.5 Å². The van der Waals surface area contributed by atoms with E-state index in [4.69, 9.17) is 5.73 Å². The minimum atomic E-state index is 0.141. The van der Waals surface area contributed by atoms with Gasteiger partial charge in [0.2, 0.25) is 5.91 Å². The highest BCUT2D eigenvalue weighted by Crippen LogP contribution is 2.34. The van der Waals surface area contributed by atoms with Gasteiger partial charge in [0.15, 0.2) is 0 Å². The van der Waals surface area contributed by atoms with E-state index in [9.17, 15) is 4.79 Å². The Kier molecular flexibility index (Phi) is 3.55. The van der Waals surface area contributed by atoms with E-state index in [1.165, 1.54) is 6.42 Å². The molecule has 5 heteroatoms. The van der Waals surface area contributed by atoms with E-state index in [-0.39, 0.29) is 18.0 Å². The molecule has 3 rings (SSSR count). The van der Waals surface area contributed by atoms with Crippen molar-refractivity contribution >= 4 is 5.91 Å². The number of nitrogens with one attached hydrogen (secondary N) is 1. The molecule has 1 saturated carbocycles. The first-order chi connectivity index (χ1) is 9.25. The number of nitrogens with two attached hydrogens (primary N) is 1. The third-order valence-corrected chi connectivity index (χ3v) is 4.51. The molecule has 0 radical (unpaired) electrons. The number of aromatic amines is 1. The normalized spacial score (nSPS) is 31.6. The monoisotopic (exact) mass is 262 g/mol. The first kappa shape index (κ1) is 12.7. The Balaban J connectivity index is 1.75. The summed E-state index contributed by atoms with van der Waals surface area (Å²) in [6.07, 6.45) is 9.89. The second kappa shape index (κ2) is 5.33. The van der Waals surface area contributed by atoms with Crippen LogP contribution in [0.1, 0.15) is 50.1 Å². The summed E-state index contributed by atoms with van der Waals surface area (Å²) in [5.74, 6) is 0.446. The number of aromatic nitrogens is 2. The van der Waals surface area contributed by atoms with Gasteiger partial charge in [0, 0.05) is 30.3 Å². The Hall–Kier alpha value is -1.36. The molecule has 0 aromatic carbocycles. The van der Waals surface area contributed by atoms with Crippen molar-refractivity contribution in [2.24, 2.45) is 11.7 Å². The molecule has 0 bridgehead atoms. The highest BCUT2D eigenvalue weighted by atomic mass is 16.2. The molecule has 3 unspecified atom stereocenters. The van der Waals surface area contributed by atoms with Crippen molar-refractivity contribution in [1.82, 2.24) is 15.1 Å². The van der Waals surface area contributed by atoms with Crippen LogP contribution in [0.2, 0.25) is 0 Å². The van der Waals surface area contributed by atoms with Gasteiger partial charge in [-0.3, -0.25) is 9.89 Å². The summed E-state index contributed by atoms with van der Waals surface area (Å²) in [7, 11) is 0. The first-order valence-electron chi connectivity index (χ1n) is 7.30. The molecule has 19 heavy (non-hydrogen) atoms. The van der Waals surface area contributed by atoms with Crippen LogP contribution in [-0.4, -0.2) is 33.6 Å². The maximum absolute atomic E-state index is 12.7. The summed E-state index contributed by atoms with van der Waals surface area (Å²) < 4.78 is 0. The van der Waals surface area contributed by atoms with Gasteiger partial charge in [-0.25, -0.2) is 0 Å². The van der Waals surface area contributed by atoms with Gasteiger partial charge < -0.3 is 10.6 Å². The molecule has 1 amide bonds. The zero-order chi connectivity index (χ0) is 13.2. The van der Waals surface area contributed by atoms with Crippen LogP contribution in [0.25, 0.3) is 0 Å². The molecule has 1 aromatic heterocycles. The quantitative estimate of drug-likeness (QED) is 0.850. The Morgan fingerprint density at radius 3 is 2.95 bits per heavy atom. The number of carbonyl (C=O) groups is 1. The number of H-pyrrole nitrogens is 1. The van der Waals surface area contributed by atoms with Gasteiger partial charge in [-0.15, -0.1) is 0 Å². The van der Waals surface area contributed by atoms with Crippen LogP contribution < -0.4 is 5.73 Å². The molecule has 1 saturated heterocycles.